The average Bonchev–Trinajstić information content (AvgIpc) is 3.33. The van der Waals surface area contributed by atoms with E-state index in [4.69, 9.17) is 5.11 Å². The number of aliphatic hydroxyl groups excluding tert-OH is 1. The third-order valence-electron chi connectivity index (χ3n) is 7.09. The molecule has 2 saturated heterocycles. The molecule has 180 valence electrons. The lowest BCUT2D eigenvalue weighted by molar-refractivity contribution is 0.181. The molecule has 1 atom stereocenters. The minimum atomic E-state index is -0.132. The number of benzene rings is 3. The van der Waals surface area contributed by atoms with Crippen LogP contribution in [-0.4, -0.2) is 47.6 Å². The Labute approximate surface area is 203 Å². The molecule has 0 unspecified atom stereocenters. The van der Waals surface area contributed by atoms with Gasteiger partial charge in [0.15, 0.2) is 0 Å². The van der Waals surface area contributed by atoms with Crippen LogP contribution < -0.4 is 0 Å². The largest absolute Gasteiger partial charge is 0.392 e. The van der Waals surface area contributed by atoms with Crippen molar-refractivity contribution < 1.29 is 9.50 Å². The van der Waals surface area contributed by atoms with Crippen LogP contribution in [0.5, 0.6) is 0 Å². The van der Waals surface area contributed by atoms with E-state index in [1.54, 1.807) is 12.1 Å². The predicted octanol–water partition coefficient (Wildman–Crippen LogP) is 5.71. The van der Waals surface area contributed by atoms with Gasteiger partial charge in [-0.2, -0.15) is 0 Å². The van der Waals surface area contributed by atoms with Crippen molar-refractivity contribution in [2.75, 3.05) is 32.7 Å². The molecule has 0 spiro atoms. The second kappa shape index (κ2) is 12.8. The fraction of sp³-hybridized carbons (Fsp3) is 0.400. The van der Waals surface area contributed by atoms with Crippen molar-refractivity contribution in [2.24, 2.45) is 5.92 Å². The standard InChI is InChI=1S/C23H29FN2.C7H8O/c24-23-8-6-21(7-9-23)22-11-14-25(15-12-22)17-20-10-13-26(18-20)16-19-4-2-1-3-5-19;8-6-7-4-2-1-3-5-7/h1-9,20,22H,10-18H2;1-5,8H,6H2/t20-;/m1./s1. The first kappa shape index (κ1) is 24.6. The van der Waals surface area contributed by atoms with Crippen LogP contribution in [0, 0.1) is 11.7 Å². The van der Waals surface area contributed by atoms with Crippen LogP contribution in [0.15, 0.2) is 84.9 Å². The average molecular weight is 461 g/mol. The van der Waals surface area contributed by atoms with Crippen LogP contribution in [0.25, 0.3) is 0 Å². The Morgan fingerprint density at radius 3 is 1.88 bits per heavy atom. The number of aliphatic hydroxyl groups is 1. The van der Waals surface area contributed by atoms with Gasteiger partial charge >= 0.3 is 0 Å². The summed E-state index contributed by atoms with van der Waals surface area (Å²) >= 11 is 0. The van der Waals surface area contributed by atoms with Crippen molar-refractivity contribution in [1.29, 1.82) is 0 Å². The Bertz CT molecular complexity index is 956. The summed E-state index contributed by atoms with van der Waals surface area (Å²) in [5.41, 5.74) is 3.70. The van der Waals surface area contributed by atoms with E-state index in [0.717, 1.165) is 18.0 Å². The molecule has 0 saturated carbocycles. The molecule has 0 aromatic heterocycles. The van der Waals surface area contributed by atoms with Crippen LogP contribution in [0.3, 0.4) is 0 Å². The van der Waals surface area contributed by atoms with Crippen molar-refractivity contribution in [3.05, 3.63) is 107 Å². The highest BCUT2D eigenvalue weighted by Crippen LogP contribution is 2.29. The molecular formula is C30H37FN2O. The Kier molecular flexibility index (Phi) is 9.26. The lowest BCUT2D eigenvalue weighted by Gasteiger charge is -2.33. The molecule has 2 fully saturated rings. The summed E-state index contributed by atoms with van der Waals surface area (Å²) < 4.78 is 13.1. The van der Waals surface area contributed by atoms with Crippen molar-refractivity contribution >= 4 is 0 Å². The zero-order valence-corrected chi connectivity index (χ0v) is 20.0. The van der Waals surface area contributed by atoms with E-state index in [-0.39, 0.29) is 12.4 Å². The summed E-state index contributed by atoms with van der Waals surface area (Å²) in [6.07, 6.45) is 3.73. The van der Waals surface area contributed by atoms with Crippen molar-refractivity contribution in [2.45, 2.75) is 38.3 Å². The highest BCUT2D eigenvalue weighted by Gasteiger charge is 2.27. The van der Waals surface area contributed by atoms with Gasteiger partial charge in [0.1, 0.15) is 5.82 Å². The summed E-state index contributed by atoms with van der Waals surface area (Å²) in [6, 6.07) is 27.5. The van der Waals surface area contributed by atoms with Crippen LogP contribution in [0.2, 0.25) is 0 Å². The van der Waals surface area contributed by atoms with E-state index in [1.807, 2.05) is 42.5 Å². The molecule has 5 rings (SSSR count). The quantitative estimate of drug-likeness (QED) is 0.511. The van der Waals surface area contributed by atoms with Crippen LogP contribution in [0.4, 0.5) is 4.39 Å². The van der Waals surface area contributed by atoms with E-state index in [1.165, 1.54) is 63.1 Å². The molecule has 1 N–H and O–H groups in total. The van der Waals surface area contributed by atoms with Crippen molar-refractivity contribution in [3.8, 4) is 0 Å². The van der Waals surface area contributed by atoms with E-state index in [0.29, 0.717) is 5.92 Å². The monoisotopic (exact) mass is 460 g/mol. The zero-order valence-electron chi connectivity index (χ0n) is 20.0. The SMILES string of the molecule is Fc1ccc(C2CCN(C[C@H]3CCN(Cc4ccccc4)C3)CC2)cc1.OCc1ccccc1. The molecule has 0 bridgehead atoms. The number of rotatable bonds is 6. The summed E-state index contributed by atoms with van der Waals surface area (Å²) in [5, 5.41) is 8.54. The van der Waals surface area contributed by atoms with Gasteiger partial charge in [-0.05, 0) is 79.6 Å². The number of hydrogen-bond acceptors (Lipinski definition) is 3. The molecule has 0 radical (unpaired) electrons. The smallest absolute Gasteiger partial charge is 0.123 e. The number of hydrogen-bond donors (Lipinski definition) is 1. The zero-order chi connectivity index (χ0) is 23.6. The fourth-order valence-electron chi connectivity index (χ4n) is 5.18. The topological polar surface area (TPSA) is 26.7 Å². The molecule has 2 heterocycles. The molecule has 4 heteroatoms. The number of likely N-dealkylation sites (tertiary alicyclic amines) is 2. The molecule has 3 nitrogen and oxygen atoms in total. The maximum Gasteiger partial charge on any atom is 0.123 e. The van der Waals surface area contributed by atoms with Gasteiger partial charge in [-0.1, -0.05) is 72.8 Å². The first-order valence-corrected chi connectivity index (χ1v) is 12.6. The number of nitrogens with zero attached hydrogens (tertiary/aromatic N) is 2. The highest BCUT2D eigenvalue weighted by molar-refractivity contribution is 5.21. The molecule has 3 aromatic rings. The van der Waals surface area contributed by atoms with E-state index >= 15 is 0 Å². The third-order valence-corrected chi connectivity index (χ3v) is 7.09. The molecule has 3 aromatic carbocycles. The highest BCUT2D eigenvalue weighted by atomic mass is 19.1. The second-order valence-electron chi connectivity index (χ2n) is 9.65. The summed E-state index contributed by atoms with van der Waals surface area (Å²) in [5.74, 6) is 1.28. The van der Waals surface area contributed by atoms with Crippen LogP contribution >= 0.6 is 0 Å². The second-order valence-corrected chi connectivity index (χ2v) is 9.65. The molecular weight excluding hydrogens is 423 g/mol. The van der Waals surface area contributed by atoms with Crippen LogP contribution in [0.1, 0.15) is 41.9 Å². The minimum absolute atomic E-state index is 0.132. The maximum atomic E-state index is 13.1. The normalized spacial score (nSPS) is 19.5. The summed E-state index contributed by atoms with van der Waals surface area (Å²) in [6.45, 7) is 7.28. The Morgan fingerprint density at radius 2 is 1.29 bits per heavy atom. The van der Waals surface area contributed by atoms with Gasteiger partial charge in [-0.25, -0.2) is 4.39 Å². The third kappa shape index (κ3) is 7.49. The summed E-state index contributed by atoms with van der Waals surface area (Å²) in [7, 11) is 0. The first-order valence-electron chi connectivity index (χ1n) is 12.6. The van der Waals surface area contributed by atoms with Gasteiger partial charge in [0, 0.05) is 19.6 Å². The van der Waals surface area contributed by atoms with Gasteiger partial charge in [-0.15, -0.1) is 0 Å². The van der Waals surface area contributed by atoms with E-state index < -0.39 is 0 Å². The Hall–Kier alpha value is -2.53. The first-order chi connectivity index (χ1) is 16.7. The number of halogens is 1. The van der Waals surface area contributed by atoms with E-state index in [9.17, 15) is 4.39 Å². The van der Waals surface area contributed by atoms with Gasteiger partial charge in [0.2, 0.25) is 0 Å². The predicted molar refractivity (Wildman–Crippen MR) is 137 cm³/mol. The van der Waals surface area contributed by atoms with Crippen molar-refractivity contribution in [3.63, 3.8) is 0 Å². The lowest BCUT2D eigenvalue weighted by Crippen LogP contribution is -2.37. The van der Waals surface area contributed by atoms with Gasteiger partial charge in [0.05, 0.1) is 6.61 Å². The van der Waals surface area contributed by atoms with Gasteiger partial charge in [0.25, 0.3) is 0 Å². The molecule has 2 aliphatic rings. The maximum absolute atomic E-state index is 13.1. The Morgan fingerprint density at radius 1 is 0.706 bits per heavy atom. The molecule has 0 amide bonds. The van der Waals surface area contributed by atoms with E-state index in [2.05, 4.69) is 40.1 Å². The summed E-state index contributed by atoms with van der Waals surface area (Å²) in [4.78, 5) is 5.25. The van der Waals surface area contributed by atoms with Gasteiger partial charge in [-0.3, -0.25) is 4.90 Å². The lowest BCUT2D eigenvalue weighted by atomic mass is 9.89. The van der Waals surface area contributed by atoms with Crippen LogP contribution in [-0.2, 0) is 13.2 Å². The van der Waals surface area contributed by atoms with Gasteiger partial charge < -0.3 is 10.0 Å². The number of piperidine rings is 1. The molecule has 0 aliphatic carbocycles. The minimum Gasteiger partial charge on any atom is -0.392 e. The Balaban J connectivity index is 0.000000291. The fourth-order valence-corrected chi connectivity index (χ4v) is 5.18. The van der Waals surface area contributed by atoms with Crippen molar-refractivity contribution in [1.82, 2.24) is 9.80 Å². The molecule has 34 heavy (non-hydrogen) atoms. The molecule has 2 aliphatic heterocycles.